The van der Waals surface area contributed by atoms with Gasteiger partial charge in [0.05, 0.1) is 39.4 Å². The molecule has 3 aromatic heterocycles. The van der Waals surface area contributed by atoms with Crippen LogP contribution in [0.5, 0.6) is 0 Å². The van der Waals surface area contributed by atoms with Crippen LogP contribution in [0.1, 0.15) is 16.7 Å². The van der Waals surface area contributed by atoms with Crippen molar-refractivity contribution in [3.8, 4) is 85.0 Å². The van der Waals surface area contributed by atoms with Crippen molar-refractivity contribution in [2.45, 2.75) is 13.8 Å². The van der Waals surface area contributed by atoms with Gasteiger partial charge < -0.3 is 9.13 Å². The quantitative estimate of drug-likeness (QED) is 0.152. The van der Waals surface area contributed by atoms with E-state index in [1.807, 2.05) is 72.8 Å². The first-order valence-corrected chi connectivity index (χ1v) is 24.2. The first kappa shape index (κ1) is 42.4. The minimum atomic E-state index is 0.521. The third-order valence-corrected chi connectivity index (χ3v) is 13.9. The Morgan fingerprint density at radius 2 is 0.819 bits per heavy atom. The molecule has 3 heterocycles. The second-order valence-corrected chi connectivity index (χ2v) is 18.5. The van der Waals surface area contributed by atoms with Gasteiger partial charge in [-0.2, -0.15) is 5.26 Å². The maximum absolute atomic E-state index is 10.7. The van der Waals surface area contributed by atoms with Crippen molar-refractivity contribution in [3.63, 3.8) is 0 Å². The standard InChI is InChI=1S/C66H44N6/c1-42-15-13-21-47(35-42)49-28-33-61-57(38-49)52-23-9-11-25-59(52)71(61)51-30-31-54(66-69-64(45-17-5-3-6-18-45)68-65(70-66)46-19-7-4-8-20-46)55(40-51)56-37-44(41-67)27-32-62(56)72-60-26-12-10-24-53(60)58-39-50(29-34-63(58)72)48-22-14-16-43(2)36-48/h3-40H,1-2H3. The highest BCUT2D eigenvalue weighted by Crippen LogP contribution is 2.43. The third kappa shape index (κ3) is 7.31. The zero-order valence-corrected chi connectivity index (χ0v) is 39.6. The maximum atomic E-state index is 10.7. The van der Waals surface area contributed by atoms with E-state index in [9.17, 15) is 5.26 Å². The van der Waals surface area contributed by atoms with Gasteiger partial charge in [-0.25, -0.2) is 15.0 Å². The van der Waals surface area contributed by atoms with Crippen molar-refractivity contribution in [2.75, 3.05) is 0 Å². The van der Waals surface area contributed by atoms with Crippen molar-refractivity contribution >= 4 is 43.6 Å². The lowest BCUT2D eigenvalue weighted by Crippen LogP contribution is -2.04. The topological polar surface area (TPSA) is 72.3 Å². The van der Waals surface area contributed by atoms with Gasteiger partial charge in [0, 0.05) is 49.5 Å². The largest absolute Gasteiger partial charge is 0.309 e. The summed E-state index contributed by atoms with van der Waals surface area (Å²) in [6, 6.07) is 83.4. The Kier molecular flexibility index (Phi) is 10.2. The first-order valence-electron chi connectivity index (χ1n) is 24.2. The maximum Gasteiger partial charge on any atom is 0.164 e. The molecule has 0 aliphatic carbocycles. The van der Waals surface area contributed by atoms with E-state index in [4.69, 9.17) is 15.0 Å². The number of rotatable bonds is 8. The van der Waals surface area contributed by atoms with Crippen LogP contribution in [-0.4, -0.2) is 24.1 Å². The van der Waals surface area contributed by atoms with Gasteiger partial charge in [-0.3, -0.25) is 0 Å². The van der Waals surface area contributed by atoms with E-state index in [0.717, 1.165) is 88.4 Å². The summed E-state index contributed by atoms with van der Waals surface area (Å²) in [5.41, 5.74) is 18.1. The molecule has 338 valence electrons. The number of fused-ring (bicyclic) bond motifs is 6. The van der Waals surface area contributed by atoms with Gasteiger partial charge in [-0.15, -0.1) is 0 Å². The molecule has 13 aromatic rings. The second kappa shape index (κ2) is 17.4. The molecule has 72 heavy (non-hydrogen) atoms. The van der Waals surface area contributed by atoms with E-state index in [0.29, 0.717) is 23.0 Å². The van der Waals surface area contributed by atoms with Crippen LogP contribution in [0.25, 0.3) is 123 Å². The van der Waals surface area contributed by atoms with Gasteiger partial charge >= 0.3 is 0 Å². The van der Waals surface area contributed by atoms with Crippen LogP contribution in [-0.2, 0) is 0 Å². The van der Waals surface area contributed by atoms with Crippen molar-refractivity contribution < 1.29 is 0 Å². The van der Waals surface area contributed by atoms with Gasteiger partial charge in [0.25, 0.3) is 0 Å². The number of aryl methyl sites for hydroxylation is 2. The molecule has 0 N–H and O–H groups in total. The summed E-state index contributed by atoms with van der Waals surface area (Å²) >= 11 is 0. The summed E-state index contributed by atoms with van der Waals surface area (Å²) < 4.78 is 4.71. The summed E-state index contributed by atoms with van der Waals surface area (Å²) in [6.45, 7) is 4.27. The summed E-state index contributed by atoms with van der Waals surface area (Å²) in [5, 5.41) is 15.3. The number of nitrogens with zero attached hydrogens (tertiary/aromatic N) is 6. The number of hydrogen-bond acceptors (Lipinski definition) is 4. The van der Waals surface area contributed by atoms with Gasteiger partial charge in [0.1, 0.15) is 0 Å². The summed E-state index contributed by atoms with van der Waals surface area (Å²) in [6.07, 6.45) is 0. The number of aromatic nitrogens is 5. The zero-order valence-electron chi connectivity index (χ0n) is 39.6. The molecule has 0 saturated heterocycles. The number of hydrogen-bond donors (Lipinski definition) is 0. The highest BCUT2D eigenvalue weighted by atomic mass is 15.0. The molecule has 10 aromatic carbocycles. The van der Waals surface area contributed by atoms with E-state index in [-0.39, 0.29) is 0 Å². The van der Waals surface area contributed by atoms with Crippen molar-refractivity contribution in [1.82, 2.24) is 24.1 Å². The van der Waals surface area contributed by atoms with Crippen molar-refractivity contribution in [1.29, 1.82) is 5.26 Å². The normalized spacial score (nSPS) is 11.5. The molecule has 0 spiro atoms. The van der Waals surface area contributed by atoms with Crippen LogP contribution in [0, 0.1) is 25.2 Å². The van der Waals surface area contributed by atoms with E-state index in [2.05, 4.69) is 187 Å². The van der Waals surface area contributed by atoms with Crippen LogP contribution in [0.15, 0.2) is 231 Å². The molecule has 0 saturated carbocycles. The monoisotopic (exact) mass is 920 g/mol. The molecule has 6 nitrogen and oxygen atoms in total. The Labute approximate surface area is 417 Å². The van der Waals surface area contributed by atoms with Crippen molar-refractivity contribution in [2.24, 2.45) is 0 Å². The summed E-state index contributed by atoms with van der Waals surface area (Å²) in [4.78, 5) is 15.7. The van der Waals surface area contributed by atoms with E-state index in [1.54, 1.807) is 0 Å². The highest BCUT2D eigenvalue weighted by Gasteiger charge is 2.23. The molecule has 13 rings (SSSR count). The van der Waals surface area contributed by atoms with E-state index < -0.39 is 0 Å². The molecule has 6 heteroatoms. The average molecular weight is 921 g/mol. The zero-order chi connectivity index (χ0) is 48.3. The van der Waals surface area contributed by atoms with Gasteiger partial charge in [0.15, 0.2) is 17.5 Å². The summed E-state index contributed by atoms with van der Waals surface area (Å²) in [7, 11) is 0. The van der Waals surface area contributed by atoms with Crippen LogP contribution in [0.2, 0.25) is 0 Å². The fourth-order valence-corrected chi connectivity index (χ4v) is 10.5. The Hall–Kier alpha value is -9.70. The van der Waals surface area contributed by atoms with E-state index >= 15 is 0 Å². The Bertz CT molecular complexity index is 4250. The first-order chi connectivity index (χ1) is 35.5. The lowest BCUT2D eigenvalue weighted by molar-refractivity contribution is 1.07. The lowest BCUT2D eigenvalue weighted by Gasteiger charge is -2.19. The van der Waals surface area contributed by atoms with Gasteiger partial charge in [0.2, 0.25) is 0 Å². The fraction of sp³-hybridized carbons (Fsp3) is 0.0303. The molecular weight excluding hydrogens is 877 g/mol. The molecular formula is C66H44N6. The van der Waals surface area contributed by atoms with Crippen LogP contribution in [0.4, 0.5) is 0 Å². The number of nitriles is 1. The van der Waals surface area contributed by atoms with Crippen molar-refractivity contribution in [3.05, 3.63) is 247 Å². The van der Waals surface area contributed by atoms with Crippen LogP contribution in [0.3, 0.4) is 0 Å². The van der Waals surface area contributed by atoms with Crippen LogP contribution >= 0.6 is 0 Å². The molecule has 0 fully saturated rings. The smallest absolute Gasteiger partial charge is 0.164 e. The predicted octanol–water partition coefficient (Wildman–Crippen LogP) is 16.6. The predicted molar refractivity (Wildman–Crippen MR) is 295 cm³/mol. The Morgan fingerprint density at radius 3 is 1.39 bits per heavy atom. The average Bonchev–Trinajstić information content (AvgIpc) is 3.95. The van der Waals surface area contributed by atoms with Gasteiger partial charge in [-0.1, -0.05) is 169 Å². The Morgan fingerprint density at radius 1 is 0.333 bits per heavy atom. The minimum Gasteiger partial charge on any atom is -0.309 e. The minimum absolute atomic E-state index is 0.521. The highest BCUT2D eigenvalue weighted by molar-refractivity contribution is 6.12. The molecule has 0 bridgehead atoms. The Balaban J connectivity index is 1.10. The molecule has 0 amide bonds. The molecule has 0 aliphatic rings. The van der Waals surface area contributed by atoms with E-state index in [1.165, 1.54) is 27.8 Å². The SMILES string of the molecule is Cc1cccc(-c2ccc3c(c2)c2ccccc2n3-c2ccc(-c3nc(-c4ccccc4)nc(-c4ccccc4)n3)c(-c3cc(C#N)ccc3-n3c4ccccc4c4cc(-c5cccc(C)c5)ccc43)c2)c1. The molecule has 0 unspecified atom stereocenters. The van der Waals surface area contributed by atoms with Gasteiger partial charge in [-0.05, 0) is 114 Å². The lowest BCUT2D eigenvalue weighted by atomic mass is 9.94. The number of para-hydroxylation sites is 2. The molecule has 0 aliphatic heterocycles. The van der Waals surface area contributed by atoms with Crippen LogP contribution < -0.4 is 0 Å². The summed E-state index contributed by atoms with van der Waals surface area (Å²) in [5.74, 6) is 1.66. The second-order valence-electron chi connectivity index (χ2n) is 18.5. The third-order valence-electron chi connectivity index (χ3n) is 13.9. The molecule has 0 atom stereocenters. The molecule has 0 radical (unpaired) electrons. The fourth-order valence-electron chi connectivity index (χ4n) is 10.5. The number of benzene rings is 10.